The van der Waals surface area contributed by atoms with Crippen molar-refractivity contribution in [2.24, 2.45) is 5.73 Å². The molecular weight excluding hydrogens is 415 g/mol. The third kappa shape index (κ3) is 10.5. The Morgan fingerprint density at radius 2 is 1.52 bits per heavy atom. The van der Waals surface area contributed by atoms with Crippen molar-refractivity contribution in [3.63, 3.8) is 0 Å². The van der Waals surface area contributed by atoms with Crippen LogP contribution in [0, 0.1) is 0 Å². The molecule has 0 aromatic heterocycles. The summed E-state index contributed by atoms with van der Waals surface area (Å²) in [6.07, 6.45) is -0.602. The summed E-state index contributed by atoms with van der Waals surface area (Å²) in [6, 6.07) is 15.2. The van der Waals surface area contributed by atoms with Gasteiger partial charge in [-0.15, -0.1) is 0 Å². The van der Waals surface area contributed by atoms with Crippen molar-refractivity contribution >= 4 is 11.9 Å². The Balaban J connectivity index is 0.000000592. The van der Waals surface area contributed by atoms with Crippen LogP contribution < -0.4 is 10.5 Å². The van der Waals surface area contributed by atoms with Crippen molar-refractivity contribution in [3.05, 3.63) is 54.1 Å². The molecule has 6 nitrogen and oxygen atoms in total. The Morgan fingerprint density at radius 3 is 2.03 bits per heavy atom. The van der Waals surface area contributed by atoms with Crippen molar-refractivity contribution in [1.82, 2.24) is 0 Å². The molecule has 31 heavy (non-hydrogen) atoms. The van der Waals surface area contributed by atoms with E-state index in [2.05, 4.69) is 0 Å². The molecule has 0 atom stereocenters. The maximum atomic E-state index is 11.3. The molecule has 0 saturated heterocycles. The molecular formula is C22H26F3NO5. The van der Waals surface area contributed by atoms with Gasteiger partial charge in [0.1, 0.15) is 5.75 Å². The predicted molar refractivity (Wildman–Crippen MR) is 110 cm³/mol. The van der Waals surface area contributed by atoms with Gasteiger partial charge in [0.25, 0.3) is 0 Å². The summed E-state index contributed by atoms with van der Waals surface area (Å²) in [4.78, 5) is 20.2. The lowest BCUT2D eigenvalue weighted by Crippen LogP contribution is -2.21. The summed E-state index contributed by atoms with van der Waals surface area (Å²) < 4.78 is 42.5. The number of carboxylic acids is 1. The first-order chi connectivity index (χ1) is 14.6. The number of primary amides is 1. The number of benzene rings is 2. The fourth-order valence-electron chi connectivity index (χ4n) is 2.49. The van der Waals surface area contributed by atoms with Crippen LogP contribution in [0.3, 0.4) is 0 Å². The highest BCUT2D eigenvalue weighted by Crippen LogP contribution is 2.23. The van der Waals surface area contributed by atoms with Gasteiger partial charge in [-0.2, -0.15) is 13.2 Å². The molecule has 2 aromatic rings. The van der Waals surface area contributed by atoms with Crippen molar-refractivity contribution in [2.75, 3.05) is 20.3 Å². The number of carboxylic acid groups (broad SMARTS) is 1. The zero-order valence-electron chi connectivity index (χ0n) is 17.2. The zero-order valence-corrected chi connectivity index (χ0v) is 17.2. The normalized spacial score (nSPS) is 10.7. The lowest BCUT2D eigenvalue weighted by Gasteiger charge is -2.08. The monoisotopic (exact) mass is 441 g/mol. The van der Waals surface area contributed by atoms with Crippen LogP contribution in [-0.4, -0.2) is 43.5 Å². The molecule has 0 aliphatic heterocycles. The summed E-state index contributed by atoms with van der Waals surface area (Å²) in [6.45, 7) is 1.56. The van der Waals surface area contributed by atoms with Crippen molar-refractivity contribution in [2.45, 2.75) is 31.9 Å². The van der Waals surface area contributed by atoms with E-state index in [1.807, 2.05) is 36.4 Å². The van der Waals surface area contributed by atoms with E-state index in [9.17, 15) is 18.0 Å². The van der Waals surface area contributed by atoms with Crippen LogP contribution in [-0.2, 0) is 9.53 Å². The average Bonchev–Trinajstić information content (AvgIpc) is 2.73. The van der Waals surface area contributed by atoms with Crippen LogP contribution in [0.4, 0.5) is 13.2 Å². The van der Waals surface area contributed by atoms with Gasteiger partial charge in [0.15, 0.2) is 0 Å². The van der Waals surface area contributed by atoms with E-state index in [1.54, 1.807) is 19.2 Å². The SMILES string of the molecule is COCCCCCCOc1ccc(-c2cccc(C(N)=O)c2)cc1.O=C(O)C(F)(F)F. The summed E-state index contributed by atoms with van der Waals surface area (Å²) in [7, 11) is 1.73. The van der Waals surface area contributed by atoms with Crippen molar-refractivity contribution in [1.29, 1.82) is 0 Å². The highest BCUT2D eigenvalue weighted by molar-refractivity contribution is 5.94. The molecule has 0 aliphatic carbocycles. The third-order valence-electron chi connectivity index (χ3n) is 4.09. The maximum Gasteiger partial charge on any atom is 0.490 e. The molecule has 2 aromatic carbocycles. The molecule has 0 saturated carbocycles. The minimum atomic E-state index is -5.08. The smallest absolute Gasteiger partial charge is 0.490 e. The lowest BCUT2D eigenvalue weighted by molar-refractivity contribution is -0.192. The molecule has 0 bridgehead atoms. The number of hydrogen-bond donors (Lipinski definition) is 2. The number of alkyl halides is 3. The number of hydrogen-bond acceptors (Lipinski definition) is 4. The van der Waals surface area contributed by atoms with Crippen LogP contribution in [0.2, 0.25) is 0 Å². The molecule has 2 rings (SSSR count). The van der Waals surface area contributed by atoms with Crippen molar-refractivity contribution in [3.8, 4) is 16.9 Å². The van der Waals surface area contributed by atoms with E-state index < -0.39 is 18.1 Å². The molecule has 1 amide bonds. The number of aliphatic carboxylic acids is 1. The van der Waals surface area contributed by atoms with Gasteiger partial charge in [0.2, 0.25) is 5.91 Å². The van der Waals surface area contributed by atoms with Gasteiger partial charge >= 0.3 is 12.1 Å². The fourth-order valence-corrected chi connectivity index (χ4v) is 2.49. The number of unbranched alkanes of at least 4 members (excludes halogenated alkanes) is 3. The van der Waals surface area contributed by atoms with Crippen LogP contribution in [0.5, 0.6) is 5.75 Å². The Kier molecular flexibility index (Phi) is 11.1. The molecule has 0 unspecified atom stereocenters. The molecule has 0 heterocycles. The Morgan fingerprint density at radius 1 is 0.935 bits per heavy atom. The number of carbonyl (C=O) groups is 2. The van der Waals surface area contributed by atoms with Crippen LogP contribution in [0.15, 0.2) is 48.5 Å². The molecule has 0 fully saturated rings. The van der Waals surface area contributed by atoms with Crippen LogP contribution in [0.1, 0.15) is 36.0 Å². The first-order valence-corrected chi connectivity index (χ1v) is 9.57. The number of halogens is 3. The summed E-state index contributed by atoms with van der Waals surface area (Å²) in [5.41, 5.74) is 7.84. The molecule has 3 N–H and O–H groups in total. The number of rotatable bonds is 10. The zero-order chi connectivity index (χ0) is 23.3. The summed E-state index contributed by atoms with van der Waals surface area (Å²) >= 11 is 0. The summed E-state index contributed by atoms with van der Waals surface area (Å²) in [5, 5.41) is 7.12. The first kappa shape index (κ1) is 26.0. The highest BCUT2D eigenvalue weighted by Gasteiger charge is 2.38. The first-order valence-electron chi connectivity index (χ1n) is 9.57. The van der Waals surface area contributed by atoms with E-state index >= 15 is 0 Å². The van der Waals surface area contributed by atoms with Gasteiger partial charge in [-0.3, -0.25) is 4.79 Å². The van der Waals surface area contributed by atoms with Gasteiger partial charge in [-0.05, 0) is 54.7 Å². The number of ether oxygens (including phenoxy) is 2. The topological polar surface area (TPSA) is 98.9 Å². The second-order valence-corrected chi connectivity index (χ2v) is 6.53. The molecule has 9 heteroatoms. The van der Waals surface area contributed by atoms with E-state index in [4.69, 9.17) is 25.1 Å². The second-order valence-electron chi connectivity index (χ2n) is 6.53. The molecule has 0 radical (unpaired) electrons. The third-order valence-corrected chi connectivity index (χ3v) is 4.09. The Hall–Kier alpha value is -3.07. The fraction of sp³-hybridized carbons (Fsp3) is 0.364. The minimum absolute atomic E-state index is 0.415. The van der Waals surface area contributed by atoms with Crippen LogP contribution >= 0.6 is 0 Å². The van der Waals surface area contributed by atoms with E-state index in [1.165, 1.54) is 6.42 Å². The molecule has 170 valence electrons. The largest absolute Gasteiger partial charge is 0.494 e. The lowest BCUT2D eigenvalue weighted by atomic mass is 10.0. The molecule has 0 spiro atoms. The van der Waals surface area contributed by atoms with E-state index in [0.717, 1.165) is 49.4 Å². The van der Waals surface area contributed by atoms with Crippen molar-refractivity contribution < 1.29 is 37.3 Å². The Labute approximate surface area is 178 Å². The number of amides is 1. The van der Waals surface area contributed by atoms with Gasteiger partial charge in [-0.25, -0.2) is 4.79 Å². The number of methoxy groups -OCH3 is 1. The number of carbonyl (C=O) groups excluding carboxylic acids is 1. The maximum absolute atomic E-state index is 11.3. The van der Waals surface area contributed by atoms with Gasteiger partial charge in [0, 0.05) is 19.3 Å². The van der Waals surface area contributed by atoms with E-state index in [-0.39, 0.29) is 0 Å². The van der Waals surface area contributed by atoms with Gasteiger partial charge in [-0.1, -0.05) is 30.7 Å². The Bertz CT molecular complexity index is 823. The second kappa shape index (κ2) is 13.3. The number of nitrogens with two attached hydrogens (primary N) is 1. The predicted octanol–water partition coefficient (Wildman–Crippen LogP) is 4.67. The average molecular weight is 441 g/mol. The van der Waals surface area contributed by atoms with Crippen LogP contribution in [0.25, 0.3) is 11.1 Å². The van der Waals surface area contributed by atoms with Gasteiger partial charge in [0.05, 0.1) is 6.61 Å². The van der Waals surface area contributed by atoms with Gasteiger partial charge < -0.3 is 20.3 Å². The minimum Gasteiger partial charge on any atom is -0.494 e. The standard InChI is InChI=1S/C20H25NO3.C2HF3O2/c1-23-13-4-2-3-5-14-24-19-11-9-16(10-12-19)17-7-6-8-18(15-17)20(21)22;3-2(4,5)1(6)7/h6-12,15H,2-5,13-14H2,1H3,(H2,21,22);(H,6,7). The quantitative estimate of drug-likeness (QED) is 0.522. The summed E-state index contributed by atoms with van der Waals surface area (Å²) in [5.74, 6) is -2.31. The highest BCUT2D eigenvalue weighted by atomic mass is 19.4. The van der Waals surface area contributed by atoms with E-state index in [0.29, 0.717) is 5.56 Å². The molecule has 0 aliphatic rings.